The van der Waals surface area contributed by atoms with E-state index in [1.807, 2.05) is 30.4 Å². The molecule has 1 heterocycles. The van der Waals surface area contributed by atoms with Crippen LogP contribution < -0.4 is 9.47 Å². The highest BCUT2D eigenvalue weighted by Crippen LogP contribution is 2.57. The van der Waals surface area contributed by atoms with Crippen LogP contribution in [0.25, 0.3) is 0 Å². The van der Waals surface area contributed by atoms with Crippen molar-refractivity contribution in [2.75, 3.05) is 21.3 Å². The van der Waals surface area contributed by atoms with Crippen molar-refractivity contribution >= 4 is 5.78 Å². The van der Waals surface area contributed by atoms with E-state index in [0.29, 0.717) is 29.4 Å². The van der Waals surface area contributed by atoms with Crippen LogP contribution in [0.2, 0.25) is 0 Å². The number of ketones is 1. The third-order valence-corrected chi connectivity index (χ3v) is 5.31. The van der Waals surface area contributed by atoms with Crippen molar-refractivity contribution in [2.24, 2.45) is 11.3 Å². The van der Waals surface area contributed by atoms with Crippen LogP contribution in [-0.4, -0.2) is 27.1 Å². The van der Waals surface area contributed by atoms with E-state index in [9.17, 15) is 4.79 Å². The molecule has 0 N–H and O–H groups in total. The maximum Gasteiger partial charge on any atom is 0.223 e. The zero-order valence-corrected chi connectivity index (χ0v) is 15.6. The molecule has 0 saturated carbocycles. The van der Waals surface area contributed by atoms with Crippen LogP contribution >= 0.6 is 0 Å². The average molecular weight is 356 g/mol. The van der Waals surface area contributed by atoms with Gasteiger partial charge in [-0.1, -0.05) is 19.1 Å². The van der Waals surface area contributed by atoms with Gasteiger partial charge in [-0.3, -0.25) is 4.79 Å². The number of hydrogen-bond donors (Lipinski definition) is 0. The Labute approximate surface area is 153 Å². The number of benzene rings is 1. The number of carbonyl (C=O) groups excluding carboxylic acids is 1. The Hall–Kier alpha value is -2.69. The largest absolute Gasteiger partial charge is 0.493 e. The van der Waals surface area contributed by atoms with Crippen LogP contribution in [0.15, 0.2) is 54.5 Å². The predicted octanol–water partition coefficient (Wildman–Crippen LogP) is 3.97. The normalized spacial score (nSPS) is 27.0. The van der Waals surface area contributed by atoms with Gasteiger partial charge < -0.3 is 18.9 Å². The van der Waals surface area contributed by atoms with Crippen molar-refractivity contribution in [3.63, 3.8) is 0 Å². The van der Waals surface area contributed by atoms with Gasteiger partial charge in [-0.15, -0.1) is 6.58 Å². The van der Waals surface area contributed by atoms with Crippen LogP contribution in [-0.2, 0) is 14.3 Å². The molecule has 3 rings (SSSR count). The molecule has 0 radical (unpaired) electrons. The summed E-state index contributed by atoms with van der Waals surface area (Å²) >= 11 is 0. The van der Waals surface area contributed by atoms with Gasteiger partial charge in [-0.25, -0.2) is 0 Å². The predicted molar refractivity (Wildman–Crippen MR) is 98.0 cm³/mol. The summed E-state index contributed by atoms with van der Waals surface area (Å²) in [5.74, 6) is 2.21. The molecule has 0 bridgehead atoms. The lowest BCUT2D eigenvalue weighted by Crippen LogP contribution is -2.29. The third-order valence-electron chi connectivity index (χ3n) is 5.31. The molecule has 3 atom stereocenters. The van der Waals surface area contributed by atoms with E-state index in [-0.39, 0.29) is 17.8 Å². The van der Waals surface area contributed by atoms with E-state index in [4.69, 9.17) is 18.9 Å². The molecule has 1 aliphatic carbocycles. The first-order valence-electron chi connectivity index (χ1n) is 8.53. The molecular formula is C21H24O5. The topological polar surface area (TPSA) is 54.0 Å². The molecule has 1 aromatic rings. The Morgan fingerprint density at radius 2 is 1.92 bits per heavy atom. The SMILES string of the molecule is C=CC[C@@]12C=C(OC)C(=O)C=C1O[C@H](c1ccc(OC)c(OC)c1)[C@H]2C. The van der Waals surface area contributed by atoms with Gasteiger partial charge in [0.15, 0.2) is 17.3 Å². The second-order valence-electron chi connectivity index (χ2n) is 6.56. The molecule has 2 aliphatic rings. The highest BCUT2D eigenvalue weighted by Gasteiger charge is 2.52. The minimum atomic E-state index is -0.446. The summed E-state index contributed by atoms with van der Waals surface area (Å²) < 4.78 is 22.3. The fourth-order valence-electron chi connectivity index (χ4n) is 3.84. The van der Waals surface area contributed by atoms with Gasteiger partial charge in [0.25, 0.3) is 0 Å². The summed E-state index contributed by atoms with van der Waals surface area (Å²) in [6.07, 6.45) is 5.72. The summed E-state index contributed by atoms with van der Waals surface area (Å²) in [5, 5.41) is 0. The monoisotopic (exact) mass is 356 g/mol. The van der Waals surface area contributed by atoms with Crippen molar-refractivity contribution in [2.45, 2.75) is 19.4 Å². The lowest BCUT2D eigenvalue weighted by molar-refractivity contribution is -0.114. The van der Waals surface area contributed by atoms with Crippen LogP contribution in [0.1, 0.15) is 25.0 Å². The molecule has 1 aromatic carbocycles. The van der Waals surface area contributed by atoms with Gasteiger partial charge in [0, 0.05) is 12.0 Å². The minimum absolute atomic E-state index is 0.0723. The van der Waals surface area contributed by atoms with Crippen molar-refractivity contribution in [3.05, 3.63) is 60.1 Å². The van der Waals surface area contributed by atoms with Gasteiger partial charge in [0.1, 0.15) is 11.9 Å². The molecule has 5 nitrogen and oxygen atoms in total. The summed E-state index contributed by atoms with van der Waals surface area (Å²) in [5.41, 5.74) is 0.521. The molecule has 1 fully saturated rings. The summed E-state index contributed by atoms with van der Waals surface area (Å²) in [6, 6.07) is 5.75. The molecular weight excluding hydrogens is 332 g/mol. The number of ether oxygens (including phenoxy) is 4. The van der Waals surface area contributed by atoms with Crippen molar-refractivity contribution in [1.29, 1.82) is 0 Å². The molecule has 138 valence electrons. The van der Waals surface area contributed by atoms with E-state index in [1.54, 1.807) is 20.3 Å². The second-order valence-corrected chi connectivity index (χ2v) is 6.56. The number of methoxy groups -OCH3 is 3. The van der Waals surface area contributed by atoms with E-state index < -0.39 is 5.41 Å². The second kappa shape index (κ2) is 6.90. The molecule has 1 aliphatic heterocycles. The van der Waals surface area contributed by atoms with Crippen LogP contribution in [0.4, 0.5) is 0 Å². The Bertz CT molecular complexity index is 792. The first kappa shape index (κ1) is 18.1. The number of hydrogen-bond acceptors (Lipinski definition) is 5. The molecule has 5 heteroatoms. The fraction of sp³-hybridized carbons (Fsp3) is 0.381. The lowest BCUT2D eigenvalue weighted by atomic mass is 9.69. The molecule has 0 amide bonds. The van der Waals surface area contributed by atoms with E-state index in [2.05, 4.69) is 13.5 Å². The zero-order chi connectivity index (χ0) is 18.9. The highest BCUT2D eigenvalue weighted by atomic mass is 16.5. The summed E-state index contributed by atoms with van der Waals surface area (Å²) in [7, 11) is 4.72. The maximum absolute atomic E-state index is 12.2. The summed E-state index contributed by atoms with van der Waals surface area (Å²) in [4.78, 5) is 12.2. The number of fused-ring (bicyclic) bond motifs is 1. The molecule has 0 aromatic heterocycles. The quantitative estimate of drug-likeness (QED) is 0.722. The van der Waals surface area contributed by atoms with E-state index in [0.717, 1.165) is 5.56 Å². The fourth-order valence-corrected chi connectivity index (χ4v) is 3.84. The molecule has 0 spiro atoms. The van der Waals surface area contributed by atoms with Crippen molar-refractivity contribution < 1.29 is 23.7 Å². The first-order valence-corrected chi connectivity index (χ1v) is 8.53. The van der Waals surface area contributed by atoms with Crippen molar-refractivity contribution in [1.82, 2.24) is 0 Å². The van der Waals surface area contributed by atoms with E-state index in [1.165, 1.54) is 7.11 Å². The number of allylic oxidation sites excluding steroid dienone is 3. The number of rotatable bonds is 6. The highest BCUT2D eigenvalue weighted by molar-refractivity contribution is 6.04. The Morgan fingerprint density at radius 3 is 2.54 bits per heavy atom. The third kappa shape index (κ3) is 2.68. The zero-order valence-electron chi connectivity index (χ0n) is 15.6. The smallest absolute Gasteiger partial charge is 0.223 e. The van der Waals surface area contributed by atoms with Gasteiger partial charge in [-0.2, -0.15) is 0 Å². The molecule has 1 saturated heterocycles. The van der Waals surface area contributed by atoms with Crippen LogP contribution in [0.5, 0.6) is 11.5 Å². The maximum atomic E-state index is 12.2. The van der Waals surface area contributed by atoms with Crippen molar-refractivity contribution in [3.8, 4) is 11.5 Å². The van der Waals surface area contributed by atoms with Gasteiger partial charge >= 0.3 is 0 Å². The Morgan fingerprint density at radius 1 is 1.19 bits per heavy atom. The Kier molecular flexibility index (Phi) is 4.81. The lowest BCUT2D eigenvalue weighted by Gasteiger charge is -2.31. The summed E-state index contributed by atoms with van der Waals surface area (Å²) in [6.45, 7) is 6.00. The molecule has 0 unspecified atom stereocenters. The Balaban J connectivity index is 2.05. The van der Waals surface area contributed by atoms with Crippen LogP contribution in [0.3, 0.4) is 0 Å². The first-order chi connectivity index (χ1) is 12.5. The van der Waals surface area contributed by atoms with Gasteiger partial charge in [-0.05, 0) is 30.2 Å². The standard InChI is InChI=1S/C21H24O5/c1-6-9-21-12-18(25-5)15(22)11-19(21)26-20(13(21)2)14-7-8-16(23-3)17(10-14)24-4/h6-8,10-13,20H,1,9H2,2-5H3/t13-,20+,21+/m1/s1. The van der Waals surface area contributed by atoms with Gasteiger partial charge in [0.05, 0.1) is 26.7 Å². The van der Waals surface area contributed by atoms with Crippen LogP contribution in [0, 0.1) is 11.3 Å². The minimum Gasteiger partial charge on any atom is -0.493 e. The average Bonchev–Trinajstić information content (AvgIpc) is 2.93. The van der Waals surface area contributed by atoms with Gasteiger partial charge in [0.2, 0.25) is 5.78 Å². The van der Waals surface area contributed by atoms with E-state index >= 15 is 0 Å². The molecule has 26 heavy (non-hydrogen) atoms. The number of carbonyl (C=O) groups is 1.